The minimum Gasteiger partial charge on any atom is -0.481 e. The molecular weight excluding hydrogens is 184 g/mol. The summed E-state index contributed by atoms with van der Waals surface area (Å²) < 4.78 is 4.63. The van der Waals surface area contributed by atoms with Gasteiger partial charge in [-0.25, -0.2) is 0 Å². The summed E-state index contributed by atoms with van der Waals surface area (Å²) in [4.78, 5) is 22.4. The lowest BCUT2D eigenvalue weighted by atomic mass is 9.83. The first-order valence-electron chi connectivity index (χ1n) is 4.64. The Balaban J connectivity index is 2.26. The Kier molecular flexibility index (Phi) is 2.06. The molecule has 2 bridgehead atoms. The number of carbonyl (C=O) groups excluding carboxylic acids is 1. The zero-order valence-electron chi connectivity index (χ0n) is 7.84. The van der Waals surface area contributed by atoms with E-state index in [1.165, 1.54) is 7.11 Å². The molecule has 14 heavy (non-hydrogen) atoms. The van der Waals surface area contributed by atoms with E-state index in [1.807, 2.05) is 12.2 Å². The van der Waals surface area contributed by atoms with Crippen molar-refractivity contribution in [1.82, 2.24) is 0 Å². The van der Waals surface area contributed by atoms with Gasteiger partial charge in [0.1, 0.15) is 0 Å². The lowest BCUT2D eigenvalue weighted by Crippen LogP contribution is -2.33. The zero-order valence-corrected chi connectivity index (χ0v) is 7.84. The summed E-state index contributed by atoms with van der Waals surface area (Å²) in [5, 5.41) is 9.01. The van der Waals surface area contributed by atoms with E-state index in [2.05, 4.69) is 4.74 Å². The second kappa shape index (κ2) is 3.12. The number of carbonyl (C=O) groups is 2. The van der Waals surface area contributed by atoms with Crippen LogP contribution < -0.4 is 0 Å². The average molecular weight is 196 g/mol. The second-order valence-corrected chi connectivity index (χ2v) is 3.86. The lowest BCUT2D eigenvalue weighted by molar-refractivity contribution is -0.156. The molecule has 0 spiro atoms. The molecule has 0 aromatic rings. The third-order valence-corrected chi connectivity index (χ3v) is 3.22. The van der Waals surface area contributed by atoms with Gasteiger partial charge in [-0.3, -0.25) is 9.59 Å². The molecule has 4 atom stereocenters. The summed E-state index contributed by atoms with van der Waals surface area (Å²) >= 11 is 0. The maximum Gasteiger partial charge on any atom is 0.310 e. The summed E-state index contributed by atoms with van der Waals surface area (Å²) in [7, 11) is 1.30. The molecule has 0 aromatic carbocycles. The van der Waals surface area contributed by atoms with Crippen molar-refractivity contribution in [2.45, 2.75) is 6.42 Å². The van der Waals surface area contributed by atoms with Crippen molar-refractivity contribution >= 4 is 11.9 Å². The van der Waals surface area contributed by atoms with Crippen LogP contribution in [-0.2, 0) is 14.3 Å². The van der Waals surface area contributed by atoms with Crippen LogP contribution in [-0.4, -0.2) is 24.2 Å². The van der Waals surface area contributed by atoms with Gasteiger partial charge in [0.05, 0.1) is 18.9 Å². The first kappa shape index (κ1) is 9.24. The number of carboxylic acid groups (broad SMARTS) is 1. The molecule has 2 rings (SSSR count). The molecule has 1 fully saturated rings. The first-order valence-corrected chi connectivity index (χ1v) is 4.64. The maximum absolute atomic E-state index is 11.4. The summed E-state index contributed by atoms with van der Waals surface area (Å²) in [6, 6.07) is 0. The summed E-state index contributed by atoms with van der Waals surface area (Å²) in [6.45, 7) is 0. The highest BCUT2D eigenvalue weighted by Crippen LogP contribution is 2.48. The van der Waals surface area contributed by atoms with E-state index in [0.29, 0.717) is 0 Å². The van der Waals surface area contributed by atoms with Crippen LogP contribution >= 0.6 is 0 Å². The maximum atomic E-state index is 11.4. The molecule has 1 saturated carbocycles. The molecular formula is C10H12O4. The molecule has 0 aliphatic heterocycles. The minimum atomic E-state index is -0.891. The fourth-order valence-corrected chi connectivity index (χ4v) is 2.62. The fourth-order valence-electron chi connectivity index (χ4n) is 2.62. The Labute approximate surface area is 81.6 Å². The Hall–Kier alpha value is -1.32. The number of rotatable bonds is 2. The number of fused-ring (bicyclic) bond motifs is 2. The minimum absolute atomic E-state index is 0.0154. The number of hydrogen-bond acceptors (Lipinski definition) is 3. The van der Waals surface area contributed by atoms with Gasteiger partial charge in [-0.15, -0.1) is 0 Å². The van der Waals surface area contributed by atoms with Gasteiger partial charge in [0.2, 0.25) is 0 Å². The topological polar surface area (TPSA) is 63.6 Å². The van der Waals surface area contributed by atoms with Crippen molar-refractivity contribution in [2.24, 2.45) is 23.7 Å². The van der Waals surface area contributed by atoms with Gasteiger partial charge in [-0.05, 0) is 18.3 Å². The van der Waals surface area contributed by atoms with Crippen molar-refractivity contribution in [3.8, 4) is 0 Å². The summed E-state index contributed by atoms with van der Waals surface area (Å²) in [5.74, 6) is -2.27. The molecule has 2 aliphatic carbocycles. The number of carboxylic acids is 1. The van der Waals surface area contributed by atoms with Crippen molar-refractivity contribution in [3.63, 3.8) is 0 Å². The molecule has 4 nitrogen and oxygen atoms in total. The normalized spacial score (nSPS) is 38.6. The first-order chi connectivity index (χ1) is 6.65. The largest absolute Gasteiger partial charge is 0.481 e. The third-order valence-electron chi connectivity index (χ3n) is 3.22. The van der Waals surface area contributed by atoms with Gasteiger partial charge in [-0.2, -0.15) is 0 Å². The van der Waals surface area contributed by atoms with Gasteiger partial charge >= 0.3 is 11.9 Å². The molecule has 1 N–H and O–H groups in total. The Morgan fingerprint density at radius 3 is 2.36 bits per heavy atom. The lowest BCUT2D eigenvalue weighted by Gasteiger charge is -2.21. The Bertz CT molecular complexity index is 307. The van der Waals surface area contributed by atoms with Gasteiger partial charge in [0, 0.05) is 0 Å². The SMILES string of the molecule is COC(=O)[C@@H]1C(C(=O)O)[C@H]2C=C[C@@H]1C2. The monoisotopic (exact) mass is 196 g/mol. The number of aliphatic carboxylic acids is 1. The molecule has 2 aliphatic rings. The van der Waals surface area contributed by atoms with Crippen LogP contribution in [0.4, 0.5) is 0 Å². The number of esters is 1. The second-order valence-electron chi connectivity index (χ2n) is 3.86. The van der Waals surface area contributed by atoms with Crippen LogP contribution in [0, 0.1) is 23.7 Å². The van der Waals surface area contributed by atoms with E-state index in [1.54, 1.807) is 0 Å². The Morgan fingerprint density at radius 2 is 1.86 bits per heavy atom. The molecule has 0 radical (unpaired) electrons. The van der Waals surface area contributed by atoms with E-state index in [0.717, 1.165) is 6.42 Å². The van der Waals surface area contributed by atoms with Gasteiger partial charge in [0.15, 0.2) is 0 Å². The molecule has 0 heterocycles. The summed E-state index contributed by atoms with van der Waals surface area (Å²) in [6.07, 6.45) is 4.62. The van der Waals surface area contributed by atoms with Gasteiger partial charge in [-0.1, -0.05) is 12.2 Å². The quantitative estimate of drug-likeness (QED) is 0.521. The van der Waals surface area contributed by atoms with Crippen LogP contribution in [0.2, 0.25) is 0 Å². The van der Waals surface area contributed by atoms with Gasteiger partial charge in [0.25, 0.3) is 0 Å². The highest BCUT2D eigenvalue weighted by atomic mass is 16.5. The van der Waals surface area contributed by atoms with E-state index in [9.17, 15) is 9.59 Å². The van der Waals surface area contributed by atoms with E-state index >= 15 is 0 Å². The van der Waals surface area contributed by atoms with Crippen LogP contribution in [0.3, 0.4) is 0 Å². The fraction of sp³-hybridized carbons (Fsp3) is 0.600. The molecule has 4 heteroatoms. The smallest absolute Gasteiger partial charge is 0.310 e. The average Bonchev–Trinajstić information content (AvgIpc) is 2.74. The molecule has 0 aromatic heterocycles. The number of hydrogen-bond donors (Lipinski definition) is 1. The third kappa shape index (κ3) is 1.14. The number of ether oxygens (including phenoxy) is 1. The summed E-state index contributed by atoms with van der Waals surface area (Å²) in [5.41, 5.74) is 0. The number of allylic oxidation sites excluding steroid dienone is 2. The Morgan fingerprint density at radius 1 is 1.29 bits per heavy atom. The van der Waals surface area contributed by atoms with Gasteiger partial charge < -0.3 is 9.84 Å². The van der Waals surface area contributed by atoms with Crippen LogP contribution in [0.1, 0.15) is 6.42 Å². The van der Waals surface area contributed by atoms with Crippen LogP contribution in [0.25, 0.3) is 0 Å². The van der Waals surface area contributed by atoms with Crippen molar-refractivity contribution in [2.75, 3.05) is 7.11 Å². The molecule has 0 amide bonds. The van der Waals surface area contributed by atoms with Crippen LogP contribution in [0.5, 0.6) is 0 Å². The highest BCUT2D eigenvalue weighted by molar-refractivity contribution is 5.83. The molecule has 1 unspecified atom stereocenters. The van der Waals surface area contributed by atoms with E-state index in [4.69, 9.17) is 5.11 Å². The van der Waals surface area contributed by atoms with Crippen molar-refractivity contribution in [3.05, 3.63) is 12.2 Å². The molecule has 0 saturated heterocycles. The predicted molar refractivity (Wildman–Crippen MR) is 47.4 cm³/mol. The molecule has 76 valence electrons. The van der Waals surface area contributed by atoms with Crippen LogP contribution in [0.15, 0.2) is 12.2 Å². The zero-order chi connectivity index (χ0) is 10.3. The van der Waals surface area contributed by atoms with Crippen molar-refractivity contribution < 1.29 is 19.4 Å². The van der Waals surface area contributed by atoms with E-state index < -0.39 is 23.8 Å². The number of methoxy groups -OCH3 is 1. The highest BCUT2D eigenvalue weighted by Gasteiger charge is 2.52. The standard InChI is InChI=1S/C10H12O4/c1-14-10(13)8-6-3-2-5(4-6)7(8)9(11)12/h2-3,5-8H,4H2,1H3,(H,11,12)/t5-,6+,7?,8-/m0/s1. The van der Waals surface area contributed by atoms with E-state index in [-0.39, 0.29) is 11.8 Å². The predicted octanol–water partition coefficient (Wildman–Crippen LogP) is 0.682. The van der Waals surface area contributed by atoms with Crippen molar-refractivity contribution in [1.29, 1.82) is 0 Å².